The second kappa shape index (κ2) is 4.90. The molecule has 1 aromatic carbocycles. The number of hydrogen-bond acceptors (Lipinski definition) is 2. The topological polar surface area (TPSA) is 35.2 Å². The number of hydrogen-bond donors (Lipinski definition) is 1. The Bertz CT molecular complexity index is 344. The predicted molar refractivity (Wildman–Crippen MR) is 58.3 cm³/mol. The molecule has 0 aliphatic heterocycles. The van der Waals surface area contributed by atoms with Crippen molar-refractivity contribution in [2.75, 3.05) is 13.7 Å². The zero-order valence-electron chi connectivity index (χ0n) is 8.27. The van der Waals surface area contributed by atoms with E-state index in [1.54, 1.807) is 12.1 Å². The molecule has 0 unspecified atom stereocenters. The van der Waals surface area contributed by atoms with Crippen molar-refractivity contribution in [1.82, 2.24) is 0 Å². The molecule has 0 amide bonds. The number of ether oxygens (including phenoxy) is 1. The third-order valence-corrected chi connectivity index (χ3v) is 2.65. The molecular formula is C10H12BrF2NO. The number of methoxy groups -OCH3 is 1. The first-order chi connectivity index (χ1) is 7.03. The van der Waals surface area contributed by atoms with E-state index in [0.29, 0.717) is 4.47 Å². The standard InChI is InChI=1S/C10H12BrF2NO/c1-15-9-7(3-2-4-8(9)11)10(12,13)5-6-14/h2-4H,5-6,14H2,1H3. The summed E-state index contributed by atoms with van der Waals surface area (Å²) in [5, 5.41) is 0. The first-order valence-corrected chi connectivity index (χ1v) is 5.23. The maximum absolute atomic E-state index is 13.6. The molecule has 0 saturated carbocycles. The van der Waals surface area contributed by atoms with Crippen molar-refractivity contribution in [3.63, 3.8) is 0 Å². The Morgan fingerprint density at radius 2 is 2.13 bits per heavy atom. The third-order valence-electron chi connectivity index (χ3n) is 2.02. The van der Waals surface area contributed by atoms with Crippen molar-refractivity contribution in [2.24, 2.45) is 5.73 Å². The molecule has 0 spiro atoms. The zero-order chi connectivity index (χ0) is 11.5. The quantitative estimate of drug-likeness (QED) is 0.920. The molecule has 84 valence electrons. The molecule has 0 aliphatic carbocycles. The second-order valence-electron chi connectivity index (χ2n) is 3.06. The first kappa shape index (κ1) is 12.4. The molecule has 0 radical (unpaired) electrons. The van der Waals surface area contributed by atoms with Crippen LogP contribution in [0, 0.1) is 0 Å². The van der Waals surface area contributed by atoms with Gasteiger partial charge in [-0.15, -0.1) is 0 Å². The van der Waals surface area contributed by atoms with Crippen molar-refractivity contribution >= 4 is 15.9 Å². The smallest absolute Gasteiger partial charge is 0.278 e. The summed E-state index contributed by atoms with van der Waals surface area (Å²) < 4.78 is 32.7. The van der Waals surface area contributed by atoms with Gasteiger partial charge in [-0.1, -0.05) is 6.07 Å². The number of halogens is 3. The van der Waals surface area contributed by atoms with Gasteiger partial charge in [-0.25, -0.2) is 8.78 Å². The van der Waals surface area contributed by atoms with Gasteiger partial charge in [0, 0.05) is 6.42 Å². The van der Waals surface area contributed by atoms with Crippen molar-refractivity contribution in [3.05, 3.63) is 28.2 Å². The molecule has 15 heavy (non-hydrogen) atoms. The van der Waals surface area contributed by atoms with Gasteiger partial charge in [-0.05, 0) is 34.6 Å². The number of alkyl halides is 2. The fourth-order valence-electron chi connectivity index (χ4n) is 1.32. The third kappa shape index (κ3) is 2.66. The monoisotopic (exact) mass is 279 g/mol. The van der Waals surface area contributed by atoms with Crippen LogP contribution in [0.4, 0.5) is 8.78 Å². The van der Waals surface area contributed by atoms with Crippen LogP contribution in [0.25, 0.3) is 0 Å². The Hall–Kier alpha value is -0.680. The predicted octanol–water partition coefficient (Wildman–Crippen LogP) is 2.90. The molecule has 1 aromatic rings. The van der Waals surface area contributed by atoms with E-state index in [-0.39, 0.29) is 24.3 Å². The Morgan fingerprint density at radius 3 is 2.67 bits per heavy atom. The lowest BCUT2D eigenvalue weighted by Gasteiger charge is -2.19. The minimum atomic E-state index is -2.95. The van der Waals surface area contributed by atoms with Crippen LogP contribution < -0.4 is 10.5 Å². The number of benzene rings is 1. The lowest BCUT2D eigenvalue weighted by molar-refractivity contribution is -0.0128. The summed E-state index contributed by atoms with van der Waals surface area (Å²) in [4.78, 5) is 0. The molecular weight excluding hydrogens is 268 g/mol. The molecule has 0 aromatic heterocycles. The molecule has 0 aliphatic rings. The highest BCUT2D eigenvalue weighted by molar-refractivity contribution is 9.10. The minimum Gasteiger partial charge on any atom is -0.495 e. The Labute approximate surface area is 95.5 Å². The molecule has 0 fully saturated rings. The fraction of sp³-hybridized carbons (Fsp3) is 0.400. The molecule has 2 nitrogen and oxygen atoms in total. The van der Waals surface area contributed by atoms with Crippen LogP contribution in [0.5, 0.6) is 5.75 Å². The van der Waals surface area contributed by atoms with Gasteiger partial charge < -0.3 is 10.5 Å². The van der Waals surface area contributed by atoms with Crippen LogP contribution in [0.1, 0.15) is 12.0 Å². The summed E-state index contributed by atoms with van der Waals surface area (Å²) in [6.45, 7) is -0.0668. The van der Waals surface area contributed by atoms with Gasteiger partial charge in [0.15, 0.2) is 0 Å². The highest BCUT2D eigenvalue weighted by Gasteiger charge is 2.34. The van der Waals surface area contributed by atoms with E-state index >= 15 is 0 Å². The van der Waals surface area contributed by atoms with E-state index in [9.17, 15) is 8.78 Å². The zero-order valence-corrected chi connectivity index (χ0v) is 9.85. The van der Waals surface area contributed by atoms with Crippen molar-refractivity contribution in [3.8, 4) is 5.75 Å². The van der Waals surface area contributed by atoms with E-state index in [0.717, 1.165) is 0 Å². The average molecular weight is 280 g/mol. The van der Waals surface area contributed by atoms with Crippen molar-refractivity contribution in [2.45, 2.75) is 12.3 Å². The highest BCUT2D eigenvalue weighted by atomic mass is 79.9. The van der Waals surface area contributed by atoms with E-state index < -0.39 is 5.92 Å². The van der Waals surface area contributed by atoms with Crippen LogP contribution in [-0.2, 0) is 5.92 Å². The summed E-state index contributed by atoms with van der Waals surface area (Å²) in [7, 11) is 1.36. The van der Waals surface area contributed by atoms with Gasteiger partial charge in [0.2, 0.25) is 0 Å². The van der Waals surface area contributed by atoms with Crippen molar-refractivity contribution < 1.29 is 13.5 Å². The minimum absolute atomic E-state index is 0.0668. The second-order valence-corrected chi connectivity index (χ2v) is 3.92. The van der Waals surface area contributed by atoms with Crippen LogP contribution in [-0.4, -0.2) is 13.7 Å². The van der Waals surface area contributed by atoms with Crippen LogP contribution in [0.3, 0.4) is 0 Å². The van der Waals surface area contributed by atoms with Crippen LogP contribution in [0.15, 0.2) is 22.7 Å². The van der Waals surface area contributed by atoms with Crippen molar-refractivity contribution in [1.29, 1.82) is 0 Å². The SMILES string of the molecule is COc1c(Br)cccc1C(F)(F)CCN. The average Bonchev–Trinajstić information content (AvgIpc) is 2.17. The van der Waals surface area contributed by atoms with Crippen LogP contribution >= 0.6 is 15.9 Å². The number of para-hydroxylation sites is 1. The van der Waals surface area contributed by atoms with Gasteiger partial charge in [-0.2, -0.15) is 0 Å². The summed E-state index contributed by atoms with van der Waals surface area (Å²) in [6.07, 6.45) is -0.389. The largest absolute Gasteiger partial charge is 0.495 e. The van der Waals surface area contributed by atoms with Gasteiger partial charge in [-0.3, -0.25) is 0 Å². The lowest BCUT2D eigenvalue weighted by Crippen LogP contribution is -2.19. The molecule has 5 heteroatoms. The van der Waals surface area contributed by atoms with Crippen LogP contribution in [0.2, 0.25) is 0 Å². The number of rotatable bonds is 4. The molecule has 0 bridgehead atoms. The van der Waals surface area contributed by atoms with E-state index in [2.05, 4.69) is 15.9 Å². The molecule has 0 heterocycles. The Morgan fingerprint density at radius 1 is 1.47 bits per heavy atom. The summed E-state index contributed by atoms with van der Waals surface area (Å²) in [6, 6.07) is 4.55. The van der Waals surface area contributed by atoms with Gasteiger partial charge in [0.1, 0.15) is 5.75 Å². The normalized spacial score (nSPS) is 11.5. The van der Waals surface area contributed by atoms with Gasteiger partial charge >= 0.3 is 0 Å². The van der Waals surface area contributed by atoms with E-state index in [4.69, 9.17) is 10.5 Å². The molecule has 1 rings (SSSR count). The molecule has 0 saturated heterocycles. The maximum Gasteiger partial charge on any atom is 0.278 e. The van der Waals surface area contributed by atoms with E-state index in [1.807, 2.05) is 0 Å². The first-order valence-electron chi connectivity index (χ1n) is 4.44. The van der Waals surface area contributed by atoms with Gasteiger partial charge in [0.25, 0.3) is 5.92 Å². The highest BCUT2D eigenvalue weighted by Crippen LogP contribution is 2.40. The molecule has 0 atom stereocenters. The Kier molecular flexibility index (Phi) is 4.04. The lowest BCUT2D eigenvalue weighted by atomic mass is 10.0. The fourth-order valence-corrected chi connectivity index (χ4v) is 1.85. The number of nitrogens with two attached hydrogens (primary N) is 1. The summed E-state index contributed by atoms with van der Waals surface area (Å²) in [5.41, 5.74) is 5.01. The summed E-state index contributed by atoms with van der Waals surface area (Å²) in [5.74, 6) is -2.79. The van der Waals surface area contributed by atoms with E-state index in [1.165, 1.54) is 13.2 Å². The van der Waals surface area contributed by atoms with Gasteiger partial charge in [0.05, 0.1) is 17.1 Å². The Balaban J connectivity index is 3.18. The summed E-state index contributed by atoms with van der Waals surface area (Å²) >= 11 is 3.16. The molecule has 2 N–H and O–H groups in total. The maximum atomic E-state index is 13.6.